The maximum atomic E-state index is 12.3. The summed E-state index contributed by atoms with van der Waals surface area (Å²) in [7, 11) is 0. The van der Waals surface area contributed by atoms with Gasteiger partial charge in [0.05, 0.1) is 11.5 Å². The molecule has 2 saturated heterocycles. The van der Waals surface area contributed by atoms with Crippen molar-refractivity contribution in [1.82, 2.24) is 10.2 Å². The molecule has 2 aliphatic heterocycles. The molecule has 4 heteroatoms. The highest BCUT2D eigenvalue weighted by atomic mass is 16.3. The number of carbonyl (C=O) groups excluding carboxylic acids is 1. The van der Waals surface area contributed by atoms with Crippen molar-refractivity contribution in [1.29, 1.82) is 0 Å². The van der Waals surface area contributed by atoms with Gasteiger partial charge in [-0.25, -0.2) is 0 Å². The summed E-state index contributed by atoms with van der Waals surface area (Å²) in [6.45, 7) is 6.08. The number of nitrogens with one attached hydrogen (secondary N) is 1. The number of carbonyl (C=O) groups is 1. The zero-order valence-electron chi connectivity index (χ0n) is 10.9. The smallest absolute Gasteiger partial charge is 0.227 e. The number of amides is 1. The summed E-state index contributed by atoms with van der Waals surface area (Å²) >= 11 is 0. The van der Waals surface area contributed by atoms with Crippen LogP contribution in [0.15, 0.2) is 0 Å². The van der Waals surface area contributed by atoms with E-state index < -0.39 is 5.60 Å². The topological polar surface area (TPSA) is 52.6 Å². The third-order valence-electron chi connectivity index (χ3n) is 4.00. The number of likely N-dealkylation sites (tertiary alicyclic amines) is 1. The van der Waals surface area contributed by atoms with Gasteiger partial charge in [0.2, 0.25) is 5.91 Å². The van der Waals surface area contributed by atoms with Crippen LogP contribution in [0.25, 0.3) is 0 Å². The van der Waals surface area contributed by atoms with Gasteiger partial charge in [-0.15, -0.1) is 0 Å². The van der Waals surface area contributed by atoms with Crippen molar-refractivity contribution in [2.45, 2.75) is 51.2 Å². The van der Waals surface area contributed by atoms with Crippen molar-refractivity contribution < 1.29 is 9.90 Å². The Morgan fingerprint density at radius 3 is 2.82 bits per heavy atom. The average Bonchev–Trinajstić information content (AvgIpc) is 2.28. The van der Waals surface area contributed by atoms with Gasteiger partial charge in [0.1, 0.15) is 0 Å². The molecule has 3 unspecified atom stereocenters. The van der Waals surface area contributed by atoms with E-state index in [1.165, 1.54) is 0 Å². The number of rotatable bonds is 1. The highest BCUT2D eigenvalue weighted by molar-refractivity contribution is 5.79. The summed E-state index contributed by atoms with van der Waals surface area (Å²) in [5.74, 6) is 0.337. The van der Waals surface area contributed by atoms with Crippen molar-refractivity contribution in [3.63, 3.8) is 0 Å². The van der Waals surface area contributed by atoms with Crippen molar-refractivity contribution >= 4 is 5.91 Å². The van der Waals surface area contributed by atoms with Gasteiger partial charge in [-0.3, -0.25) is 4.79 Å². The van der Waals surface area contributed by atoms with Crippen LogP contribution < -0.4 is 5.32 Å². The molecule has 0 radical (unpaired) electrons. The molecule has 2 fully saturated rings. The van der Waals surface area contributed by atoms with Gasteiger partial charge < -0.3 is 15.3 Å². The molecule has 0 aromatic carbocycles. The van der Waals surface area contributed by atoms with Gasteiger partial charge in [-0.05, 0) is 39.5 Å². The molecule has 2 heterocycles. The molecule has 2 rings (SSSR count). The summed E-state index contributed by atoms with van der Waals surface area (Å²) in [5.41, 5.74) is -0.691. The molecule has 3 atom stereocenters. The zero-order valence-corrected chi connectivity index (χ0v) is 10.9. The van der Waals surface area contributed by atoms with E-state index >= 15 is 0 Å². The number of hydrogen-bond acceptors (Lipinski definition) is 3. The van der Waals surface area contributed by atoms with Gasteiger partial charge in [0.25, 0.3) is 0 Å². The molecule has 2 N–H and O–H groups in total. The van der Waals surface area contributed by atoms with Gasteiger partial charge >= 0.3 is 0 Å². The summed E-state index contributed by atoms with van der Waals surface area (Å²) < 4.78 is 0. The van der Waals surface area contributed by atoms with Crippen LogP contribution in [-0.2, 0) is 4.79 Å². The van der Waals surface area contributed by atoms with Crippen LogP contribution in [-0.4, -0.2) is 47.2 Å². The number of β-amino-alcohol motifs (C(OH)–C–C–N with tert-alkyl or cyclic N) is 1. The predicted octanol–water partition coefficient (Wildman–Crippen LogP) is 0.748. The lowest BCUT2D eigenvalue weighted by Crippen LogP contribution is -2.52. The van der Waals surface area contributed by atoms with Crippen LogP contribution >= 0.6 is 0 Å². The Labute approximate surface area is 103 Å². The SMILES string of the molecule is CC1CCC(C(=O)N2CCCC(C)(O)C2)CN1. The molecule has 0 aromatic heterocycles. The highest BCUT2D eigenvalue weighted by Gasteiger charge is 2.34. The Balaban J connectivity index is 1.91. The minimum absolute atomic E-state index is 0.111. The summed E-state index contributed by atoms with van der Waals surface area (Å²) in [5, 5.41) is 13.4. The molecule has 98 valence electrons. The van der Waals surface area contributed by atoms with E-state index in [4.69, 9.17) is 0 Å². The third-order valence-corrected chi connectivity index (χ3v) is 4.00. The van der Waals surface area contributed by atoms with Crippen LogP contribution in [0.5, 0.6) is 0 Å². The highest BCUT2D eigenvalue weighted by Crippen LogP contribution is 2.24. The van der Waals surface area contributed by atoms with Gasteiger partial charge in [-0.2, -0.15) is 0 Å². The molecule has 0 aromatic rings. The predicted molar refractivity (Wildman–Crippen MR) is 66.6 cm³/mol. The van der Waals surface area contributed by atoms with Crippen molar-refractivity contribution in [3.8, 4) is 0 Å². The van der Waals surface area contributed by atoms with Crippen LogP contribution in [0.1, 0.15) is 39.5 Å². The normalized spacial score (nSPS) is 39.1. The minimum atomic E-state index is -0.691. The Bertz CT molecular complexity index is 283. The lowest BCUT2D eigenvalue weighted by atomic mass is 9.91. The largest absolute Gasteiger partial charge is 0.388 e. The standard InChI is InChI=1S/C13H24N2O2/c1-10-4-5-11(8-14-10)12(16)15-7-3-6-13(2,17)9-15/h10-11,14,17H,3-9H2,1-2H3. The average molecular weight is 240 g/mol. The molecule has 0 spiro atoms. The first kappa shape index (κ1) is 12.8. The maximum absolute atomic E-state index is 12.3. The Morgan fingerprint density at radius 2 is 2.24 bits per heavy atom. The van der Waals surface area contributed by atoms with Crippen molar-refractivity contribution in [2.75, 3.05) is 19.6 Å². The quantitative estimate of drug-likeness (QED) is 0.711. The van der Waals surface area contributed by atoms with E-state index in [0.717, 1.165) is 38.8 Å². The fourth-order valence-corrected chi connectivity index (χ4v) is 2.88. The first-order chi connectivity index (χ1) is 7.98. The Kier molecular flexibility index (Phi) is 3.73. The van der Waals surface area contributed by atoms with E-state index in [9.17, 15) is 9.90 Å². The molecule has 17 heavy (non-hydrogen) atoms. The number of aliphatic hydroxyl groups is 1. The second kappa shape index (κ2) is 4.94. The Hall–Kier alpha value is -0.610. The van der Waals surface area contributed by atoms with E-state index in [2.05, 4.69) is 12.2 Å². The molecule has 2 aliphatic rings. The van der Waals surface area contributed by atoms with E-state index in [1.807, 2.05) is 11.8 Å². The monoisotopic (exact) mass is 240 g/mol. The molecule has 4 nitrogen and oxygen atoms in total. The lowest BCUT2D eigenvalue weighted by molar-refractivity contribution is -0.142. The second-order valence-corrected chi connectivity index (χ2v) is 5.94. The van der Waals surface area contributed by atoms with Crippen molar-refractivity contribution in [2.24, 2.45) is 5.92 Å². The van der Waals surface area contributed by atoms with E-state index in [1.54, 1.807) is 0 Å². The number of hydrogen-bond donors (Lipinski definition) is 2. The van der Waals surface area contributed by atoms with Crippen molar-refractivity contribution in [3.05, 3.63) is 0 Å². The van der Waals surface area contributed by atoms with Gasteiger partial charge in [0, 0.05) is 25.7 Å². The molecular formula is C13H24N2O2. The van der Waals surface area contributed by atoms with Gasteiger partial charge in [0.15, 0.2) is 0 Å². The lowest BCUT2D eigenvalue weighted by Gasteiger charge is -2.39. The van der Waals surface area contributed by atoms with Crippen LogP contribution in [0.3, 0.4) is 0 Å². The molecule has 0 saturated carbocycles. The maximum Gasteiger partial charge on any atom is 0.227 e. The molecule has 0 bridgehead atoms. The third kappa shape index (κ3) is 3.19. The second-order valence-electron chi connectivity index (χ2n) is 5.94. The molecular weight excluding hydrogens is 216 g/mol. The minimum Gasteiger partial charge on any atom is -0.388 e. The van der Waals surface area contributed by atoms with E-state index in [-0.39, 0.29) is 11.8 Å². The van der Waals surface area contributed by atoms with Crippen LogP contribution in [0.4, 0.5) is 0 Å². The first-order valence-electron chi connectivity index (χ1n) is 6.72. The fraction of sp³-hybridized carbons (Fsp3) is 0.923. The molecule has 1 amide bonds. The summed E-state index contributed by atoms with van der Waals surface area (Å²) in [4.78, 5) is 14.2. The number of nitrogens with zero attached hydrogens (tertiary/aromatic N) is 1. The first-order valence-corrected chi connectivity index (χ1v) is 6.72. The summed E-state index contributed by atoms with van der Waals surface area (Å²) in [6, 6.07) is 0.531. The summed E-state index contributed by atoms with van der Waals surface area (Å²) in [6.07, 6.45) is 3.76. The Morgan fingerprint density at radius 1 is 1.47 bits per heavy atom. The van der Waals surface area contributed by atoms with Gasteiger partial charge in [-0.1, -0.05) is 0 Å². The van der Waals surface area contributed by atoms with E-state index in [0.29, 0.717) is 12.6 Å². The zero-order chi connectivity index (χ0) is 12.5. The molecule has 0 aliphatic carbocycles. The van der Waals surface area contributed by atoms with Crippen LogP contribution in [0, 0.1) is 5.92 Å². The number of piperidine rings is 2. The van der Waals surface area contributed by atoms with Crippen LogP contribution in [0.2, 0.25) is 0 Å². The fourth-order valence-electron chi connectivity index (χ4n) is 2.88.